The van der Waals surface area contributed by atoms with Gasteiger partial charge in [0.05, 0.1) is 19.3 Å². The van der Waals surface area contributed by atoms with Crippen LogP contribution in [-0.2, 0) is 9.53 Å². The van der Waals surface area contributed by atoms with Crippen LogP contribution in [0.2, 0.25) is 0 Å². The number of anilines is 1. The number of rotatable bonds is 2. The summed E-state index contributed by atoms with van der Waals surface area (Å²) in [5, 5.41) is 0. The Morgan fingerprint density at radius 3 is 2.86 bits per heavy atom. The van der Waals surface area contributed by atoms with Crippen LogP contribution < -0.4 is 4.90 Å². The molecule has 1 atom stereocenters. The SMILES string of the molecule is CC(=O)N1CCCC[C@H]1c1cccnc1N1CCOCC1. The molecule has 2 fully saturated rings. The summed E-state index contributed by atoms with van der Waals surface area (Å²) < 4.78 is 5.43. The second-order valence-corrected chi connectivity index (χ2v) is 5.74. The van der Waals surface area contributed by atoms with E-state index in [9.17, 15) is 4.79 Å². The number of piperidine rings is 1. The lowest BCUT2D eigenvalue weighted by molar-refractivity contribution is -0.132. The fraction of sp³-hybridized carbons (Fsp3) is 0.625. The second kappa shape index (κ2) is 6.43. The molecule has 0 spiro atoms. The number of carbonyl (C=O) groups excluding carboxylic acids is 1. The Kier molecular flexibility index (Phi) is 4.39. The van der Waals surface area contributed by atoms with Gasteiger partial charge in [-0.1, -0.05) is 6.07 Å². The predicted molar refractivity (Wildman–Crippen MR) is 81.2 cm³/mol. The zero-order valence-electron chi connectivity index (χ0n) is 12.6. The second-order valence-electron chi connectivity index (χ2n) is 5.74. The van der Waals surface area contributed by atoms with Crippen molar-refractivity contribution >= 4 is 11.7 Å². The molecule has 2 aliphatic rings. The summed E-state index contributed by atoms with van der Waals surface area (Å²) in [6.45, 7) is 5.77. The molecule has 0 unspecified atom stereocenters. The highest BCUT2D eigenvalue weighted by molar-refractivity contribution is 5.74. The molecule has 0 saturated carbocycles. The van der Waals surface area contributed by atoms with Gasteiger partial charge in [-0.05, 0) is 25.3 Å². The average Bonchev–Trinajstić information content (AvgIpc) is 2.55. The Hall–Kier alpha value is -1.62. The summed E-state index contributed by atoms with van der Waals surface area (Å²) in [6.07, 6.45) is 5.15. The molecule has 0 radical (unpaired) electrons. The number of pyridine rings is 1. The first kappa shape index (κ1) is 14.3. The number of amides is 1. The molecular weight excluding hydrogens is 266 g/mol. The summed E-state index contributed by atoms with van der Waals surface area (Å²) in [4.78, 5) is 20.8. The molecule has 0 aromatic carbocycles. The first-order chi connectivity index (χ1) is 10.3. The van der Waals surface area contributed by atoms with E-state index in [0.717, 1.165) is 51.5 Å². The number of aromatic nitrogens is 1. The van der Waals surface area contributed by atoms with Gasteiger partial charge >= 0.3 is 0 Å². The van der Waals surface area contributed by atoms with E-state index < -0.39 is 0 Å². The third kappa shape index (κ3) is 3.02. The summed E-state index contributed by atoms with van der Waals surface area (Å²) in [7, 11) is 0. The fourth-order valence-electron chi connectivity index (χ4n) is 3.34. The molecule has 1 amide bonds. The lowest BCUT2D eigenvalue weighted by Crippen LogP contribution is -2.40. The van der Waals surface area contributed by atoms with Crippen LogP contribution in [0.4, 0.5) is 5.82 Å². The van der Waals surface area contributed by atoms with Crippen molar-refractivity contribution < 1.29 is 9.53 Å². The van der Waals surface area contributed by atoms with Crippen LogP contribution in [0, 0.1) is 0 Å². The number of carbonyl (C=O) groups is 1. The monoisotopic (exact) mass is 289 g/mol. The number of nitrogens with zero attached hydrogens (tertiary/aromatic N) is 3. The minimum absolute atomic E-state index is 0.163. The maximum absolute atomic E-state index is 11.9. The molecule has 0 N–H and O–H groups in total. The van der Waals surface area contributed by atoms with E-state index in [-0.39, 0.29) is 11.9 Å². The molecule has 1 aromatic heterocycles. The number of ether oxygens (including phenoxy) is 1. The van der Waals surface area contributed by atoms with Crippen molar-refractivity contribution in [2.75, 3.05) is 37.7 Å². The van der Waals surface area contributed by atoms with Gasteiger partial charge < -0.3 is 14.5 Å². The lowest BCUT2D eigenvalue weighted by Gasteiger charge is -2.38. The van der Waals surface area contributed by atoms with Crippen LogP contribution in [-0.4, -0.2) is 48.6 Å². The normalized spacial score (nSPS) is 23.2. The molecule has 0 bridgehead atoms. The number of likely N-dealkylation sites (tertiary alicyclic amines) is 1. The van der Waals surface area contributed by atoms with Gasteiger partial charge in [0.2, 0.25) is 5.91 Å². The van der Waals surface area contributed by atoms with E-state index in [0.29, 0.717) is 0 Å². The van der Waals surface area contributed by atoms with Gasteiger partial charge in [0.1, 0.15) is 5.82 Å². The molecule has 5 nitrogen and oxygen atoms in total. The summed E-state index contributed by atoms with van der Waals surface area (Å²) in [5.74, 6) is 1.19. The minimum atomic E-state index is 0.163. The minimum Gasteiger partial charge on any atom is -0.378 e. The first-order valence-corrected chi connectivity index (χ1v) is 7.82. The Morgan fingerprint density at radius 2 is 2.10 bits per heavy atom. The van der Waals surface area contributed by atoms with Crippen LogP contribution >= 0.6 is 0 Å². The maximum Gasteiger partial charge on any atom is 0.219 e. The van der Waals surface area contributed by atoms with Gasteiger partial charge in [-0.25, -0.2) is 4.98 Å². The molecule has 2 saturated heterocycles. The van der Waals surface area contributed by atoms with Crippen molar-refractivity contribution in [3.63, 3.8) is 0 Å². The fourth-order valence-corrected chi connectivity index (χ4v) is 3.34. The molecule has 1 aromatic rings. The smallest absolute Gasteiger partial charge is 0.219 e. The number of morpholine rings is 1. The number of hydrogen-bond acceptors (Lipinski definition) is 4. The van der Waals surface area contributed by atoms with Crippen LogP contribution in [0.25, 0.3) is 0 Å². The molecule has 3 heterocycles. The Balaban J connectivity index is 1.91. The van der Waals surface area contributed by atoms with E-state index in [4.69, 9.17) is 4.74 Å². The third-order valence-corrected chi connectivity index (χ3v) is 4.39. The summed E-state index contributed by atoms with van der Waals surface area (Å²) >= 11 is 0. The standard InChI is InChI=1S/C16H23N3O2/c1-13(20)19-8-3-2-6-15(19)14-5-4-7-17-16(14)18-9-11-21-12-10-18/h4-5,7,15H,2-3,6,8-12H2,1H3/t15-/m0/s1. The lowest BCUT2D eigenvalue weighted by atomic mass is 9.95. The largest absolute Gasteiger partial charge is 0.378 e. The predicted octanol–water partition coefficient (Wildman–Crippen LogP) is 1.99. The molecule has 3 rings (SSSR count). The zero-order valence-corrected chi connectivity index (χ0v) is 12.6. The van der Waals surface area contributed by atoms with Gasteiger partial charge in [0, 0.05) is 38.3 Å². The summed E-state index contributed by atoms with van der Waals surface area (Å²) in [5.41, 5.74) is 1.19. The van der Waals surface area contributed by atoms with E-state index >= 15 is 0 Å². The Morgan fingerprint density at radius 1 is 1.29 bits per heavy atom. The van der Waals surface area contributed by atoms with E-state index in [2.05, 4.69) is 16.0 Å². The topological polar surface area (TPSA) is 45.7 Å². The molecular formula is C16H23N3O2. The van der Waals surface area contributed by atoms with Gasteiger partial charge in [-0.3, -0.25) is 4.79 Å². The molecule has 0 aliphatic carbocycles. The van der Waals surface area contributed by atoms with Gasteiger partial charge in [0.15, 0.2) is 0 Å². The molecule has 114 valence electrons. The van der Waals surface area contributed by atoms with Gasteiger partial charge in [-0.2, -0.15) is 0 Å². The molecule has 21 heavy (non-hydrogen) atoms. The van der Waals surface area contributed by atoms with Crippen LogP contribution in [0.1, 0.15) is 37.8 Å². The highest BCUT2D eigenvalue weighted by Gasteiger charge is 2.29. The van der Waals surface area contributed by atoms with Crippen LogP contribution in [0.3, 0.4) is 0 Å². The average molecular weight is 289 g/mol. The third-order valence-electron chi connectivity index (χ3n) is 4.39. The van der Waals surface area contributed by atoms with E-state index in [1.54, 1.807) is 6.92 Å². The molecule has 5 heteroatoms. The maximum atomic E-state index is 11.9. The van der Waals surface area contributed by atoms with Crippen molar-refractivity contribution in [3.8, 4) is 0 Å². The summed E-state index contributed by atoms with van der Waals surface area (Å²) in [6, 6.07) is 4.28. The van der Waals surface area contributed by atoms with Crippen molar-refractivity contribution in [1.82, 2.24) is 9.88 Å². The van der Waals surface area contributed by atoms with Crippen molar-refractivity contribution in [2.24, 2.45) is 0 Å². The van der Waals surface area contributed by atoms with Gasteiger partial charge in [0.25, 0.3) is 0 Å². The first-order valence-electron chi connectivity index (χ1n) is 7.82. The highest BCUT2D eigenvalue weighted by atomic mass is 16.5. The van der Waals surface area contributed by atoms with Crippen molar-refractivity contribution in [2.45, 2.75) is 32.2 Å². The van der Waals surface area contributed by atoms with Crippen molar-refractivity contribution in [1.29, 1.82) is 0 Å². The van der Waals surface area contributed by atoms with E-state index in [1.165, 1.54) is 12.0 Å². The Labute approximate surface area is 125 Å². The molecule has 2 aliphatic heterocycles. The van der Waals surface area contributed by atoms with Crippen molar-refractivity contribution in [3.05, 3.63) is 23.9 Å². The zero-order chi connectivity index (χ0) is 14.7. The number of hydrogen-bond donors (Lipinski definition) is 0. The quantitative estimate of drug-likeness (QED) is 0.835. The van der Waals surface area contributed by atoms with Crippen LogP contribution in [0.5, 0.6) is 0 Å². The van der Waals surface area contributed by atoms with E-state index in [1.807, 2.05) is 17.2 Å². The Bertz CT molecular complexity index is 500. The van der Waals surface area contributed by atoms with Gasteiger partial charge in [-0.15, -0.1) is 0 Å². The van der Waals surface area contributed by atoms with Crippen LogP contribution in [0.15, 0.2) is 18.3 Å². The highest BCUT2D eigenvalue weighted by Crippen LogP contribution is 2.35.